The molecule has 0 amide bonds. The number of rotatable bonds is 2. The Balaban J connectivity index is 0.000000980. The van der Waals surface area contributed by atoms with Crippen molar-refractivity contribution < 1.29 is 0 Å². The van der Waals surface area contributed by atoms with E-state index < -0.39 is 0 Å². The highest BCUT2D eigenvalue weighted by molar-refractivity contribution is 5.85. The molecule has 2 aliphatic heterocycles. The van der Waals surface area contributed by atoms with Gasteiger partial charge in [0.25, 0.3) is 0 Å². The van der Waals surface area contributed by atoms with Gasteiger partial charge < -0.3 is 10.2 Å². The van der Waals surface area contributed by atoms with Crippen LogP contribution in [0.5, 0.6) is 0 Å². The summed E-state index contributed by atoms with van der Waals surface area (Å²) in [7, 11) is 0. The molecule has 1 N–H and O–H groups in total. The summed E-state index contributed by atoms with van der Waals surface area (Å²) in [6.45, 7) is 5.24. The molecule has 0 bridgehead atoms. The van der Waals surface area contributed by atoms with E-state index in [1.54, 1.807) is 0 Å². The Kier molecular flexibility index (Phi) is 8.92. The lowest BCUT2D eigenvalue weighted by molar-refractivity contribution is 0.259. The van der Waals surface area contributed by atoms with E-state index >= 15 is 0 Å². The van der Waals surface area contributed by atoms with Crippen LogP contribution >= 0.6 is 24.8 Å². The third-order valence-electron chi connectivity index (χ3n) is 3.34. The number of nitrogens with zero attached hydrogens (tertiary/aromatic N) is 1. The Morgan fingerprint density at radius 1 is 0.933 bits per heavy atom. The van der Waals surface area contributed by atoms with E-state index in [1.807, 2.05) is 0 Å². The lowest BCUT2D eigenvalue weighted by atomic mass is 10.2. The first-order chi connectivity index (χ1) is 6.45. The van der Waals surface area contributed by atoms with Crippen molar-refractivity contribution in [3.63, 3.8) is 0 Å². The van der Waals surface area contributed by atoms with Gasteiger partial charge in [0.1, 0.15) is 0 Å². The molecule has 2 aliphatic rings. The second-order valence-electron chi connectivity index (χ2n) is 4.51. The maximum Gasteiger partial charge on any atom is 0.0195 e. The van der Waals surface area contributed by atoms with Gasteiger partial charge in [-0.25, -0.2) is 0 Å². The minimum atomic E-state index is 0. The molecule has 0 radical (unpaired) electrons. The van der Waals surface area contributed by atoms with Crippen LogP contribution in [0.15, 0.2) is 0 Å². The minimum Gasteiger partial charge on any atom is -0.313 e. The number of halogens is 2. The summed E-state index contributed by atoms with van der Waals surface area (Å²) in [5.74, 6) is 0. The topological polar surface area (TPSA) is 15.3 Å². The molecule has 2 saturated heterocycles. The molecule has 2 rings (SSSR count). The zero-order valence-corrected chi connectivity index (χ0v) is 11.0. The van der Waals surface area contributed by atoms with E-state index in [4.69, 9.17) is 0 Å². The lowest BCUT2D eigenvalue weighted by Crippen LogP contribution is -2.37. The SMILES string of the molecule is C1CCCN(CC2CCCN2)CC1.Cl.Cl. The fourth-order valence-corrected chi connectivity index (χ4v) is 2.54. The van der Waals surface area contributed by atoms with Gasteiger partial charge in [-0.05, 0) is 45.3 Å². The number of hydrogen-bond acceptors (Lipinski definition) is 2. The Morgan fingerprint density at radius 2 is 1.60 bits per heavy atom. The third-order valence-corrected chi connectivity index (χ3v) is 3.34. The van der Waals surface area contributed by atoms with Crippen LogP contribution in [0.2, 0.25) is 0 Å². The van der Waals surface area contributed by atoms with Gasteiger partial charge in [0, 0.05) is 12.6 Å². The van der Waals surface area contributed by atoms with Crippen molar-refractivity contribution in [3.05, 3.63) is 0 Å². The van der Waals surface area contributed by atoms with Gasteiger partial charge >= 0.3 is 0 Å². The highest BCUT2D eigenvalue weighted by Crippen LogP contribution is 2.12. The van der Waals surface area contributed by atoms with Crippen molar-refractivity contribution in [2.45, 2.75) is 44.6 Å². The molecule has 0 saturated carbocycles. The molecule has 0 aliphatic carbocycles. The maximum atomic E-state index is 3.58. The van der Waals surface area contributed by atoms with Gasteiger partial charge in [-0.2, -0.15) is 0 Å². The van der Waals surface area contributed by atoms with Gasteiger partial charge in [0.05, 0.1) is 0 Å². The van der Waals surface area contributed by atoms with Crippen LogP contribution in [0.4, 0.5) is 0 Å². The van der Waals surface area contributed by atoms with Gasteiger partial charge in [-0.15, -0.1) is 24.8 Å². The van der Waals surface area contributed by atoms with E-state index in [9.17, 15) is 0 Å². The van der Waals surface area contributed by atoms with Crippen LogP contribution < -0.4 is 5.32 Å². The zero-order chi connectivity index (χ0) is 8.93. The molecule has 92 valence electrons. The van der Waals surface area contributed by atoms with Gasteiger partial charge in [0.2, 0.25) is 0 Å². The van der Waals surface area contributed by atoms with Crippen LogP contribution in [0.3, 0.4) is 0 Å². The Hall–Kier alpha value is 0.500. The van der Waals surface area contributed by atoms with Crippen molar-refractivity contribution in [1.82, 2.24) is 10.2 Å². The highest BCUT2D eigenvalue weighted by Gasteiger charge is 2.18. The predicted molar refractivity (Wildman–Crippen MR) is 70.4 cm³/mol. The van der Waals surface area contributed by atoms with Crippen LogP contribution in [0.25, 0.3) is 0 Å². The number of likely N-dealkylation sites (tertiary alicyclic amines) is 1. The second kappa shape index (κ2) is 8.63. The predicted octanol–water partition coefficient (Wildman–Crippen LogP) is 2.46. The second-order valence-corrected chi connectivity index (χ2v) is 4.51. The first-order valence-electron chi connectivity index (χ1n) is 5.91. The fourth-order valence-electron chi connectivity index (χ4n) is 2.54. The summed E-state index contributed by atoms with van der Waals surface area (Å²) in [6, 6.07) is 0.804. The van der Waals surface area contributed by atoms with E-state index in [0.717, 1.165) is 6.04 Å². The van der Waals surface area contributed by atoms with Crippen LogP contribution in [-0.2, 0) is 0 Å². The summed E-state index contributed by atoms with van der Waals surface area (Å²) < 4.78 is 0. The summed E-state index contributed by atoms with van der Waals surface area (Å²) in [5.41, 5.74) is 0. The quantitative estimate of drug-likeness (QED) is 0.815. The number of nitrogens with one attached hydrogen (secondary N) is 1. The van der Waals surface area contributed by atoms with E-state index in [2.05, 4.69) is 10.2 Å². The maximum absolute atomic E-state index is 3.58. The smallest absolute Gasteiger partial charge is 0.0195 e. The Labute approximate surface area is 106 Å². The molecule has 0 aromatic heterocycles. The summed E-state index contributed by atoms with van der Waals surface area (Å²) in [5, 5.41) is 3.58. The Morgan fingerprint density at radius 3 is 2.13 bits per heavy atom. The van der Waals surface area contributed by atoms with Crippen LogP contribution in [0, 0.1) is 0 Å². The zero-order valence-electron chi connectivity index (χ0n) is 9.41. The highest BCUT2D eigenvalue weighted by atomic mass is 35.5. The van der Waals surface area contributed by atoms with Crippen LogP contribution in [0.1, 0.15) is 38.5 Å². The average molecular weight is 255 g/mol. The molecule has 4 heteroatoms. The van der Waals surface area contributed by atoms with E-state index in [1.165, 1.54) is 64.7 Å². The average Bonchev–Trinajstić information content (AvgIpc) is 2.49. The summed E-state index contributed by atoms with van der Waals surface area (Å²) in [6.07, 6.45) is 8.54. The molecule has 1 unspecified atom stereocenters. The molecule has 0 spiro atoms. The van der Waals surface area contributed by atoms with Gasteiger partial charge in [0.15, 0.2) is 0 Å². The standard InChI is InChI=1S/C11H22N2.2ClH/c1-2-4-9-13(8-3-1)10-11-6-5-7-12-11;;/h11-12H,1-10H2;2*1H. The minimum absolute atomic E-state index is 0. The molecular formula is C11H24Cl2N2. The fraction of sp³-hybridized carbons (Fsp3) is 1.00. The molecule has 2 heterocycles. The molecule has 2 fully saturated rings. The molecule has 0 aromatic carbocycles. The molecule has 1 atom stereocenters. The number of hydrogen-bond donors (Lipinski definition) is 1. The van der Waals surface area contributed by atoms with Crippen molar-refractivity contribution >= 4 is 24.8 Å². The van der Waals surface area contributed by atoms with Crippen molar-refractivity contribution in [2.24, 2.45) is 0 Å². The first-order valence-corrected chi connectivity index (χ1v) is 5.91. The normalized spacial score (nSPS) is 27.6. The summed E-state index contributed by atoms with van der Waals surface area (Å²) in [4.78, 5) is 2.66. The van der Waals surface area contributed by atoms with Crippen molar-refractivity contribution in [2.75, 3.05) is 26.2 Å². The Bertz CT molecular complexity index is 142. The summed E-state index contributed by atoms with van der Waals surface area (Å²) >= 11 is 0. The molecule has 0 aromatic rings. The van der Waals surface area contributed by atoms with Crippen LogP contribution in [-0.4, -0.2) is 37.1 Å². The molecular weight excluding hydrogens is 231 g/mol. The first kappa shape index (κ1) is 15.5. The van der Waals surface area contributed by atoms with E-state index in [0.29, 0.717) is 0 Å². The molecule has 15 heavy (non-hydrogen) atoms. The monoisotopic (exact) mass is 254 g/mol. The molecule has 2 nitrogen and oxygen atoms in total. The largest absolute Gasteiger partial charge is 0.313 e. The van der Waals surface area contributed by atoms with E-state index in [-0.39, 0.29) is 24.8 Å². The lowest BCUT2D eigenvalue weighted by Gasteiger charge is -2.23. The van der Waals surface area contributed by atoms with Gasteiger partial charge in [-0.3, -0.25) is 0 Å². The third kappa shape index (κ3) is 5.39. The van der Waals surface area contributed by atoms with Crippen molar-refractivity contribution in [1.29, 1.82) is 0 Å². The van der Waals surface area contributed by atoms with Gasteiger partial charge in [-0.1, -0.05) is 12.8 Å². The van der Waals surface area contributed by atoms with Crippen molar-refractivity contribution in [3.8, 4) is 0 Å².